The van der Waals surface area contributed by atoms with Gasteiger partial charge in [0.1, 0.15) is 6.42 Å². The molecule has 0 atom stereocenters. The SMILES string of the molecule is CCO.CCOC(=O)CC(=O)OCC. The number of esters is 2. The van der Waals surface area contributed by atoms with E-state index in [2.05, 4.69) is 9.47 Å². The first-order valence-electron chi connectivity index (χ1n) is 4.54. The molecule has 0 aliphatic rings. The maximum atomic E-state index is 10.6. The molecule has 0 aromatic rings. The Morgan fingerprint density at radius 1 is 1.00 bits per heavy atom. The Balaban J connectivity index is 0. The maximum absolute atomic E-state index is 10.6. The number of aliphatic hydroxyl groups is 1. The first-order chi connectivity index (χ1) is 6.62. The van der Waals surface area contributed by atoms with Crippen LogP contribution in [0.25, 0.3) is 0 Å². The van der Waals surface area contributed by atoms with Crippen molar-refractivity contribution in [3.63, 3.8) is 0 Å². The highest BCUT2D eigenvalue weighted by Gasteiger charge is 2.09. The van der Waals surface area contributed by atoms with Crippen LogP contribution in [0, 0.1) is 0 Å². The standard InChI is InChI=1S/C7H12O4.C2H6O/c1-3-10-6(8)5-7(9)11-4-2;1-2-3/h3-5H2,1-2H3;3H,2H2,1H3. The molecule has 0 rings (SSSR count). The first kappa shape index (κ1) is 15.4. The molecule has 0 aromatic heterocycles. The highest BCUT2D eigenvalue weighted by Crippen LogP contribution is 1.89. The second-order valence-electron chi connectivity index (χ2n) is 2.10. The molecule has 0 fully saturated rings. The van der Waals surface area contributed by atoms with Gasteiger partial charge < -0.3 is 14.6 Å². The van der Waals surface area contributed by atoms with Crippen molar-refractivity contribution in [1.29, 1.82) is 0 Å². The van der Waals surface area contributed by atoms with Gasteiger partial charge in [-0.3, -0.25) is 9.59 Å². The lowest BCUT2D eigenvalue weighted by atomic mass is 10.4. The van der Waals surface area contributed by atoms with E-state index < -0.39 is 11.9 Å². The van der Waals surface area contributed by atoms with E-state index in [0.29, 0.717) is 0 Å². The van der Waals surface area contributed by atoms with E-state index in [9.17, 15) is 9.59 Å². The predicted octanol–water partition coefficient (Wildman–Crippen LogP) is 0.501. The summed E-state index contributed by atoms with van der Waals surface area (Å²) in [7, 11) is 0. The van der Waals surface area contributed by atoms with Crippen LogP contribution in [0.4, 0.5) is 0 Å². The fourth-order valence-electron chi connectivity index (χ4n) is 0.542. The van der Waals surface area contributed by atoms with Gasteiger partial charge in [-0.25, -0.2) is 0 Å². The topological polar surface area (TPSA) is 72.8 Å². The van der Waals surface area contributed by atoms with Gasteiger partial charge in [0.2, 0.25) is 0 Å². The highest BCUT2D eigenvalue weighted by molar-refractivity contribution is 5.91. The van der Waals surface area contributed by atoms with Crippen LogP contribution in [0.2, 0.25) is 0 Å². The van der Waals surface area contributed by atoms with Crippen LogP contribution in [0.3, 0.4) is 0 Å². The third-order valence-electron chi connectivity index (χ3n) is 0.899. The molecule has 5 heteroatoms. The van der Waals surface area contributed by atoms with E-state index in [1.807, 2.05) is 0 Å². The average molecular weight is 206 g/mol. The zero-order valence-corrected chi connectivity index (χ0v) is 8.91. The van der Waals surface area contributed by atoms with Gasteiger partial charge in [-0.05, 0) is 20.8 Å². The van der Waals surface area contributed by atoms with Gasteiger partial charge in [0, 0.05) is 6.61 Å². The molecule has 0 amide bonds. The van der Waals surface area contributed by atoms with Crippen molar-refractivity contribution in [2.24, 2.45) is 0 Å². The number of carbonyl (C=O) groups is 2. The van der Waals surface area contributed by atoms with Gasteiger partial charge in [0.25, 0.3) is 0 Å². The van der Waals surface area contributed by atoms with Crippen molar-refractivity contribution in [2.75, 3.05) is 19.8 Å². The van der Waals surface area contributed by atoms with Crippen molar-refractivity contribution in [2.45, 2.75) is 27.2 Å². The Morgan fingerprint density at radius 2 is 1.29 bits per heavy atom. The lowest BCUT2D eigenvalue weighted by molar-refractivity contribution is -0.153. The van der Waals surface area contributed by atoms with Crippen LogP contribution in [0.1, 0.15) is 27.2 Å². The predicted molar refractivity (Wildman–Crippen MR) is 50.6 cm³/mol. The van der Waals surface area contributed by atoms with Crippen LogP contribution < -0.4 is 0 Å². The second kappa shape index (κ2) is 11.9. The Kier molecular flexibility index (Phi) is 13.1. The Hall–Kier alpha value is -1.10. The molecular formula is C9H18O5. The van der Waals surface area contributed by atoms with Crippen LogP contribution in [0.15, 0.2) is 0 Å². The molecule has 14 heavy (non-hydrogen) atoms. The van der Waals surface area contributed by atoms with Crippen molar-refractivity contribution in [1.82, 2.24) is 0 Å². The number of hydrogen-bond donors (Lipinski definition) is 1. The second-order valence-corrected chi connectivity index (χ2v) is 2.10. The van der Waals surface area contributed by atoms with Crippen molar-refractivity contribution in [3.05, 3.63) is 0 Å². The minimum Gasteiger partial charge on any atom is -0.466 e. The highest BCUT2D eigenvalue weighted by atomic mass is 16.5. The molecule has 0 bridgehead atoms. The van der Waals surface area contributed by atoms with Gasteiger partial charge in [-0.1, -0.05) is 0 Å². The van der Waals surface area contributed by atoms with Crippen molar-refractivity contribution >= 4 is 11.9 Å². The van der Waals surface area contributed by atoms with Crippen molar-refractivity contribution in [3.8, 4) is 0 Å². The summed E-state index contributed by atoms with van der Waals surface area (Å²) in [5, 5.41) is 7.57. The van der Waals surface area contributed by atoms with E-state index in [0.717, 1.165) is 0 Å². The summed E-state index contributed by atoms with van der Waals surface area (Å²) in [6, 6.07) is 0. The normalized spacial score (nSPS) is 8.29. The quantitative estimate of drug-likeness (QED) is 0.535. The molecule has 0 aliphatic heterocycles. The minimum atomic E-state index is -0.536. The summed E-state index contributed by atoms with van der Waals surface area (Å²) < 4.78 is 9.04. The van der Waals surface area contributed by atoms with E-state index in [-0.39, 0.29) is 26.2 Å². The lowest BCUT2D eigenvalue weighted by Crippen LogP contribution is -2.13. The molecule has 5 nitrogen and oxygen atoms in total. The zero-order valence-electron chi connectivity index (χ0n) is 8.91. The molecule has 84 valence electrons. The molecule has 0 saturated carbocycles. The average Bonchev–Trinajstić information content (AvgIpc) is 2.05. The van der Waals surface area contributed by atoms with Crippen LogP contribution in [-0.2, 0) is 19.1 Å². The Labute approximate surface area is 84.0 Å². The molecule has 0 heterocycles. The number of aliphatic hydroxyl groups excluding tert-OH is 1. The summed E-state index contributed by atoms with van der Waals surface area (Å²) in [6.45, 7) is 5.88. The van der Waals surface area contributed by atoms with Crippen molar-refractivity contribution < 1.29 is 24.2 Å². The summed E-state index contributed by atoms with van der Waals surface area (Å²) in [4.78, 5) is 21.2. The third kappa shape index (κ3) is 13.5. The number of ether oxygens (including phenoxy) is 2. The zero-order chi connectivity index (χ0) is 11.4. The van der Waals surface area contributed by atoms with Gasteiger partial charge >= 0.3 is 11.9 Å². The van der Waals surface area contributed by atoms with Gasteiger partial charge in [-0.2, -0.15) is 0 Å². The molecular weight excluding hydrogens is 188 g/mol. The van der Waals surface area contributed by atoms with Gasteiger partial charge in [0.15, 0.2) is 0 Å². The fourth-order valence-corrected chi connectivity index (χ4v) is 0.542. The minimum absolute atomic E-state index is 0.250. The first-order valence-corrected chi connectivity index (χ1v) is 4.54. The Bertz CT molecular complexity index is 139. The van der Waals surface area contributed by atoms with E-state index in [1.165, 1.54) is 0 Å². The van der Waals surface area contributed by atoms with E-state index in [1.54, 1.807) is 20.8 Å². The Morgan fingerprint density at radius 3 is 1.50 bits per heavy atom. The van der Waals surface area contributed by atoms with Crippen LogP contribution in [-0.4, -0.2) is 36.9 Å². The molecule has 0 aromatic carbocycles. The molecule has 0 aliphatic carbocycles. The largest absolute Gasteiger partial charge is 0.466 e. The van der Waals surface area contributed by atoms with E-state index >= 15 is 0 Å². The lowest BCUT2D eigenvalue weighted by Gasteiger charge is -2.00. The molecule has 1 N–H and O–H groups in total. The third-order valence-corrected chi connectivity index (χ3v) is 0.899. The molecule has 0 saturated heterocycles. The number of rotatable bonds is 4. The number of hydrogen-bond acceptors (Lipinski definition) is 5. The van der Waals surface area contributed by atoms with Crippen LogP contribution in [0.5, 0.6) is 0 Å². The molecule has 0 unspecified atom stereocenters. The smallest absolute Gasteiger partial charge is 0.317 e. The summed E-state index contributed by atoms with van der Waals surface area (Å²) in [6.07, 6.45) is -0.290. The monoisotopic (exact) mass is 206 g/mol. The van der Waals surface area contributed by atoms with Gasteiger partial charge in [0.05, 0.1) is 13.2 Å². The summed E-state index contributed by atoms with van der Waals surface area (Å²) >= 11 is 0. The summed E-state index contributed by atoms with van der Waals surface area (Å²) in [5.41, 5.74) is 0. The van der Waals surface area contributed by atoms with Crippen LogP contribution >= 0.6 is 0 Å². The summed E-state index contributed by atoms with van der Waals surface area (Å²) in [5.74, 6) is -1.07. The van der Waals surface area contributed by atoms with E-state index in [4.69, 9.17) is 5.11 Å². The van der Waals surface area contributed by atoms with Gasteiger partial charge in [-0.15, -0.1) is 0 Å². The fraction of sp³-hybridized carbons (Fsp3) is 0.778. The maximum Gasteiger partial charge on any atom is 0.317 e. The molecule has 0 radical (unpaired) electrons. The number of carbonyl (C=O) groups excluding carboxylic acids is 2. The molecule has 0 spiro atoms.